The average molecular weight is 325 g/mol. The molecule has 0 aliphatic heterocycles. The number of thiophene rings is 1. The Bertz CT molecular complexity index is 691. The van der Waals surface area contributed by atoms with E-state index in [2.05, 4.69) is 9.71 Å². The van der Waals surface area contributed by atoms with Crippen LogP contribution in [0.1, 0.15) is 10.5 Å². The highest BCUT2D eigenvalue weighted by Gasteiger charge is 2.22. The van der Waals surface area contributed by atoms with Crippen molar-refractivity contribution >= 4 is 55.3 Å². The van der Waals surface area contributed by atoms with Gasteiger partial charge in [0.2, 0.25) is 0 Å². The largest absolute Gasteiger partial charge is 0.476 e. The van der Waals surface area contributed by atoms with Crippen LogP contribution in [-0.2, 0) is 10.0 Å². The Kier molecular flexibility index (Phi) is 3.57. The Morgan fingerprint density at radius 3 is 2.72 bits per heavy atom. The van der Waals surface area contributed by atoms with E-state index in [4.69, 9.17) is 16.7 Å². The minimum absolute atomic E-state index is 0.0113. The molecule has 0 aliphatic rings. The number of halogens is 1. The highest BCUT2D eigenvalue weighted by Crippen LogP contribution is 2.29. The van der Waals surface area contributed by atoms with Crippen molar-refractivity contribution in [1.29, 1.82) is 0 Å². The van der Waals surface area contributed by atoms with Gasteiger partial charge >= 0.3 is 5.97 Å². The Morgan fingerprint density at radius 1 is 1.44 bits per heavy atom. The van der Waals surface area contributed by atoms with E-state index in [0.29, 0.717) is 4.34 Å². The maximum atomic E-state index is 11.9. The molecule has 0 amide bonds. The number of anilines is 1. The number of aromatic carboxylic acids is 1. The van der Waals surface area contributed by atoms with Crippen LogP contribution in [0.25, 0.3) is 0 Å². The number of carboxylic acids is 1. The molecule has 0 atom stereocenters. The maximum absolute atomic E-state index is 11.9. The number of carbonyl (C=O) groups is 1. The highest BCUT2D eigenvalue weighted by atomic mass is 35.5. The van der Waals surface area contributed by atoms with Crippen LogP contribution in [-0.4, -0.2) is 24.5 Å². The lowest BCUT2D eigenvalue weighted by molar-refractivity contribution is 0.0692. The molecule has 18 heavy (non-hydrogen) atoms. The molecule has 96 valence electrons. The van der Waals surface area contributed by atoms with Crippen molar-refractivity contribution in [2.24, 2.45) is 0 Å². The number of hydrogen-bond acceptors (Lipinski definition) is 6. The topological polar surface area (TPSA) is 96.4 Å². The summed E-state index contributed by atoms with van der Waals surface area (Å²) >= 11 is 7.43. The van der Waals surface area contributed by atoms with Crippen molar-refractivity contribution < 1.29 is 18.3 Å². The Balaban J connectivity index is 2.34. The molecule has 0 unspecified atom stereocenters. The van der Waals surface area contributed by atoms with E-state index in [1.165, 1.54) is 17.6 Å². The van der Waals surface area contributed by atoms with Crippen LogP contribution in [0, 0.1) is 0 Å². The molecule has 2 aromatic heterocycles. The fourth-order valence-electron chi connectivity index (χ4n) is 1.09. The van der Waals surface area contributed by atoms with E-state index >= 15 is 0 Å². The van der Waals surface area contributed by atoms with Crippen LogP contribution in [0.15, 0.2) is 21.9 Å². The van der Waals surface area contributed by atoms with E-state index in [1.54, 1.807) is 0 Å². The second-order valence-corrected chi connectivity index (χ2v) is 7.48. The number of nitrogens with zero attached hydrogens (tertiary/aromatic N) is 1. The minimum atomic E-state index is -3.83. The zero-order valence-corrected chi connectivity index (χ0v) is 11.7. The number of hydrogen-bond donors (Lipinski definition) is 2. The van der Waals surface area contributed by atoms with Crippen LogP contribution in [0.5, 0.6) is 0 Å². The van der Waals surface area contributed by atoms with Gasteiger partial charge in [0.1, 0.15) is 9.21 Å². The lowest BCUT2D eigenvalue weighted by Crippen LogP contribution is -2.13. The van der Waals surface area contributed by atoms with Crippen molar-refractivity contribution in [1.82, 2.24) is 4.98 Å². The SMILES string of the molecule is O=C(O)c1ncsc1NS(=O)(=O)c1ccc(Cl)s1. The number of thiazole rings is 1. The van der Waals surface area contributed by atoms with E-state index in [1.807, 2.05) is 0 Å². The molecule has 2 aromatic rings. The van der Waals surface area contributed by atoms with Gasteiger partial charge in [-0.05, 0) is 12.1 Å². The lowest BCUT2D eigenvalue weighted by Gasteiger charge is -2.03. The molecule has 0 fully saturated rings. The fourth-order valence-corrected chi connectivity index (χ4v) is 4.56. The minimum Gasteiger partial charge on any atom is -0.476 e. The highest BCUT2D eigenvalue weighted by molar-refractivity contribution is 7.95. The van der Waals surface area contributed by atoms with Gasteiger partial charge in [-0.15, -0.1) is 22.7 Å². The molecule has 6 nitrogen and oxygen atoms in total. The zero-order valence-electron chi connectivity index (χ0n) is 8.45. The third-order valence-corrected chi connectivity index (χ3v) is 5.75. The molecule has 0 aromatic carbocycles. The van der Waals surface area contributed by atoms with Gasteiger partial charge in [0.25, 0.3) is 10.0 Å². The predicted octanol–water partition coefficient (Wildman–Crippen LogP) is 2.36. The van der Waals surface area contributed by atoms with Crippen molar-refractivity contribution in [3.05, 3.63) is 27.7 Å². The van der Waals surface area contributed by atoms with E-state index in [9.17, 15) is 13.2 Å². The summed E-state index contributed by atoms with van der Waals surface area (Å²) in [6, 6.07) is 2.79. The molecule has 2 heterocycles. The quantitative estimate of drug-likeness (QED) is 0.900. The first-order chi connectivity index (χ1) is 8.40. The van der Waals surface area contributed by atoms with Crippen LogP contribution in [0.2, 0.25) is 4.34 Å². The maximum Gasteiger partial charge on any atom is 0.357 e. The predicted molar refractivity (Wildman–Crippen MR) is 69.2 cm³/mol. The molecule has 0 saturated heterocycles. The van der Waals surface area contributed by atoms with Gasteiger partial charge in [-0.2, -0.15) is 0 Å². The number of sulfonamides is 1. The summed E-state index contributed by atoms with van der Waals surface area (Å²) < 4.78 is 26.3. The Morgan fingerprint density at radius 2 is 2.17 bits per heavy atom. The number of nitrogens with one attached hydrogen (secondary N) is 1. The first-order valence-electron chi connectivity index (χ1n) is 4.35. The number of aromatic nitrogens is 1. The van der Waals surface area contributed by atoms with Gasteiger partial charge in [0.15, 0.2) is 5.69 Å². The second-order valence-electron chi connectivity index (χ2n) is 3.00. The summed E-state index contributed by atoms with van der Waals surface area (Å²) in [6.07, 6.45) is 0. The van der Waals surface area contributed by atoms with Gasteiger partial charge in [-0.3, -0.25) is 4.72 Å². The fraction of sp³-hybridized carbons (Fsp3) is 0. The number of rotatable bonds is 4. The van der Waals surface area contributed by atoms with Crippen molar-refractivity contribution in [2.45, 2.75) is 4.21 Å². The molecule has 2 rings (SSSR count). The van der Waals surface area contributed by atoms with Crippen LogP contribution in [0.3, 0.4) is 0 Å². The standard InChI is InChI=1S/C8H5ClN2O4S3/c9-4-1-2-5(17-4)18(14,15)11-7-6(8(12)13)10-3-16-7/h1-3,11H,(H,12,13). The smallest absolute Gasteiger partial charge is 0.357 e. The molecular formula is C8H5ClN2O4S3. The van der Waals surface area contributed by atoms with Crippen molar-refractivity contribution in [3.8, 4) is 0 Å². The molecular weight excluding hydrogens is 320 g/mol. The third-order valence-electron chi connectivity index (χ3n) is 1.81. The van der Waals surface area contributed by atoms with E-state index in [0.717, 1.165) is 22.7 Å². The molecule has 0 saturated carbocycles. The van der Waals surface area contributed by atoms with Gasteiger partial charge in [-0.25, -0.2) is 18.2 Å². The monoisotopic (exact) mass is 324 g/mol. The lowest BCUT2D eigenvalue weighted by atomic mass is 10.5. The Hall–Kier alpha value is -1.16. The summed E-state index contributed by atoms with van der Waals surface area (Å²) in [5.41, 5.74) is 0.925. The molecule has 2 N–H and O–H groups in total. The summed E-state index contributed by atoms with van der Waals surface area (Å²) in [4.78, 5) is 14.4. The van der Waals surface area contributed by atoms with Crippen molar-refractivity contribution in [3.63, 3.8) is 0 Å². The molecule has 0 aliphatic carbocycles. The summed E-state index contributed by atoms with van der Waals surface area (Å²) in [5.74, 6) is -1.29. The van der Waals surface area contributed by atoms with Gasteiger partial charge < -0.3 is 5.11 Å². The second kappa shape index (κ2) is 4.84. The number of carboxylic acid groups (broad SMARTS) is 1. The van der Waals surface area contributed by atoms with Crippen LogP contribution < -0.4 is 4.72 Å². The van der Waals surface area contributed by atoms with Gasteiger partial charge in [-0.1, -0.05) is 11.6 Å². The van der Waals surface area contributed by atoms with Crippen LogP contribution >= 0.6 is 34.3 Å². The van der Waals surface area contributed by atoms with Gasteiger partial charge in [0.05, 0.1) is 9.85 Å². The first kappa shape index (κ1) is 13.3. The van der Waals surface area contributed by atoms with Crippen LogP contribution in [0.4, 0.5) is 5.00 Å². The summed E-state index contributed by atoms with van der Waals surface area (Å²) in [7, 11) is -3.83. The first-order valence-corrected chi connectivity index (χ1v) is 7.91. The average Bonchev–Trinajstić information content (AvgIpc) is 2.86. The molecule has 10 heteroatoms. The summed E-state index contributed by atoms with van der Waals surface area (Å²) in [5, 5.41) is 8.78. The summed E-state index contributed by atoms with van der Waals surface area (Å²) in [6.45, 7) is 0. The Labute approximate surface area is 115 Å². The van der Waals surface area contributed by atoms with Crippen molar-refractivity contribution in [2.75, 3.05) is 4.72 Å². The van der Waals surface area contributed by atoms with E-state index in [-0.39, 0.29) is 14.9 Å². The van der Waals surface area contributed by atoms with Gasteiger partial charge in [0, 0.05) is 0 Å². The zero-order chi connectivity index (χ0) is 13.3. The normalized spacial score (nSPS) is 11.4. The van der Waals surface area contributed by atoms with E-state index < -0.39 is 16.0 Å². The molecule has 0 radical (unpaired) electrons. The third kappa shape index (κ3) is 2.64. The molecule has 0 spiro atoms. The molecule has 0 bridgehead atoms.